The number of carboxylic acids is 2. The van der Waals surface area contributed by atoms with Gasteiger partial charge in [0.1, 0.15) is 5.75 Å². The van der Waals surface area contributed by atoms with Crippen molar-refractivity contribution in [2.75, 3.05) is 7.11 Å². The molecule has 0 unspecified atom stereocenters. The highest BCUT2D eigenvalue weighted by molar-refractivity contribution is 5.97. The van der Waals surface area contributed by atoms with Crippen LogP contribution in [0.1, 0.15) is 0 Å². The van der Waals surface area contributed by atoms with Crippen LogP contribution >= 0.6 is 0 Å². The maximum atomic E-state index is 10.6. The molecule has 5 aromatic rings. The van der Waals surface area contributed by atoms with Crippen molar-refractivity contribution in [3.8, 4) is 28.0 Å². The number of ether oxygens (including phenoxy) is 1. The van der Waals surface area contributed by atoms with Crippen molar-refractivity contribution in [1.82, 2.24) is 19.6 Å². The highest BCUT2D eigenvalue weighted by Gasteiger charge is 2.38. The molecule has 0 spiro atoms. The van der Waals surface area contributed by atoms with E-state index in [0.29, 0.717) is 0 Å². The lowest BCUT2D eigenvalue weighted by molar-refractivity contribution is -0.193. The highest BCUT2D eigenvalue weighted by Crippen LogP contribution is 2.31. The number of hydrogen-bond donors (Lipinski definition) is 2. The second kappa shape index (κ2) is 12.3. The second-order valence-corrected chi connectivity index (χ2v) is 7.88. The van der Waals surface area contributed by atoms with Crippen LogP contribution in [0.5, 0.6) is 5.75 Å². The summed E-state index contributed by atoms with van der Waals surface area (Å²) in [4.78, 5) is 26.9. The van der Waals surface area contributed by atoms with E-state index in [4.69, 9.17) is 29.5 Å². The number of hydrogen-bond acceptors (Lipinski definition) is 6. The van der Waals surface area contributed by atoms with Gasteiger partial charge in [-0.2, -0.15) is 31.4 Å². The summed E-state index contributed by atoms with van der Waals surface area (Å²) in [5, 5.41) is 19.9. The van der Waals surface area contributed by atoms with E-state index in [9.17, 15) is 26.3 Å². The molecule has 0 bridgehead atoms. The zero-order chi connectivity index (χ0) is 30.4. The van der Waals surface area contributed by atoms with Gasteiger partial charge in [-0.3, -0.25) is 4.98 Å². The smallest absolute Gasteiger partial charge is 0.490 e. The fourth-order valence-corrected chi connectivity index (χ4v) is 3.34. The molecule has 0 atom stereocenters. The fraction of sp³-hybridized carbons (Fsp3) is 0.115. The molecule has 214 valence electrons. The van der Waals surface area contributed by atoms with E-state index >= 15 is 0 Å². The summed E-state index contributed by atoms with van der Waals surface area (Å²) in [6.45, 7) is 0. The molecule has 41 heavy (non-hydrogen) atoms. The number of fused-ring (bicyclic) bond motifs is 2. The van der Waals surface area contributed by atoms with Crippen molar-refractivity contribution in [3.63, 3.8) is 0 Å². The molecule has 3 heterocycles. The zero-order valence-corrected chi connectivity index (χ0v) is 20.7. The summed E-state index contributed by atoms with van der Waals surface area (Å²) in [6.07, 6.45) is -2.62. The van der Waals surface area contributed by atoms with Crippen LogP contribution in [-0.4, -0.2) is 61.2 Å². The van der Waals surface area contributed by atoms with Crippen LogP contribution in [0, 0.1) is 0 Å². The Balaban J connectivity index is 0.000000276. The molecule has 0 aliphatic rings. The molecule has 15 heteroatoms. The number of rotatable bonds is 3. The van der Waals surface area contributed by atoms with Crippen molar-refractivity contribution in [2.45, 2.75) is 12.4 Å². The number of aliphatic carboxylic acids is 2. The molecule has 0 radical (unpaired) electrons. The number of pyridine rings is 1. The lowest BCUT2D eigenvalue weighted by Gasteiger charge is -2.06. The van der Waals surface area contributed by atoms with Gasteiger partial charge in [0.25, 0.3) is 0 Å². The maximum absolute atomic E-state index is 10.6. The zero-order valence-electron chi connectivity index (χ0n) is 20.7. The predicted molar refractivity (Wildman–Crippen MR) is 133 cm³/mol. The molecular weight excluding hydrogens is 562 g/mol. The molecule has 0 aliphatic carbocycles. The summed E-state index contributed by atoms with van der Waals surface area (Å²) < 4.78 is 70.5. The number of carboxylic acid groups (broad SMARTS) is 2. The Labute approximate surface area is 226 Å². The van der Waals surface area contributed by atoms with Gasteiger partial charge in [0.2, 0.25) is 0 Å². The van der Waals surface area contributed by atoms with Gasteiger partial charge >= 0.3 is 24.3 Å². The molecule has 0 aliphatic heterocycles. The molecular formula is C26H18F6N4O5. The van der Waals surface area contributed by atoms with E-state index in [1.807, 2.05) is 71.8 Å². The molecule has 2 N–H and O–H groups in total. The molecule has 5 rings (SSSR count). The molecule has 9 nitrogen and oxygen atoms in total. The molecule has 0 amide bonds. The minimum Gasteiger partial charge on any atom is -0.497 e. The van der Waals surface area contributed by atoms with Crippen molar-refractivity contribution >= 4 is 28.5 Å². The number of nitrogens with zero attached hydrogens (tertiary/aromatic N) is 4. The van der Waals surface area contributed by atoms with E-state index in [1.165, 1.54) is 0 Å². The van der Waals surface area contributed by atoms with E-state index < -0.39 is 24.3 Å². The van der Waals surface area contributed by atoms with Crippen LogP contribution in [-0.2, 0) is 9.59 Å². The first-order valence-corrected chi connectivity index (χ1v) is 11.1. The third-order valence-corrected chi connectivity index (χ3v) is 5.20. The van der Waals surface area contributed by atoms with Crippen LogP contribution in [0.2, 0.25) is 0 Å². The van der Waals surface area contributed by atoms with Gasteiger partial charge < -0.3 is 14.9 Å². The largest absolute Gasteiger partial charge is 0.497 e. The van der Waals surface area contributed by atoms with Gasteiger partial charge in [0, 0.05) is 35.1 Å². The lowest BCUT2D eigenvalue weighted by atomic mass is 10.0. The maximum Gasteiger partial charge on any atom is 0.490 e. The molecule has 2 aromatic carbocycles. The Bertz CT molecular complexity index is 1640. The third-order valence-electron chi connectivity index (χ3n) is 5.20. The van der Waals surface area contributed by atoms with E-state index in [2.05, 4.69) is 22.2 Å². The first kappa shape index (κ1) is 30.3. The van der Waals surface area contributed by atoms with Gasteiger partial charge in [-0.05, 0) is 35.4 Å². The van der Waals surface area contributed by atoms with Crippen LogP contribution in [0.25, 0.3) is 38.8 Å². The van der Waals surface area contributed by atoms with Gasteiger partial charge in [-0.15, -0.1) is 0 Å². The Morgan fingerprint density at radius 2 is 1.39 bits per heavy atom. The Hall–Kier alpha value is -5.21. The summed E-state index contributed by atoms with van der Waals surface area (Å²) in [7, 11) is 1.66. The standard InChI is InChI=1S/C22H16N4O.2C2HF3O2/c1-27-17-9-7-15(8-10-17)16-12-24-22-20(13-25-26(22)14-16)18-4-2-6-21-19(18)5-3-11-23-21;2*3-2(4,5)1(6)7/h2-14H,1H3;2*(H,6,7). The summed E-state index contributed by atoms with van der Waals surface area (Å²) in [5.74, 6) is -4.68. The molecule has 0 saturated carbocycles. The summed E-state index contributed by atoms with van der Waals surface area (Å²) in [6, 6.07) is 18.1. The lowest BCUT2D eigenvalue weighted by Crippen LogP contribution is -2.21. The number of methoxy groups -OCH3 is 1. The quantitative estimate of drug-likeness (QED) is 0.253. The average molecular weight is 580 g/mol. The van der Waals surface area contributed by atoms with Gasteiger partial charge in [-0.25, -0.2) is 19.1 Å². The SMILES string of the molecule is COc1ccc(-c2cnc3c(-c4cccc5ncccc45)cnn3c2)cc1.O=C(O)C(F)(F)F.O=C(O)C(F)(F)F. The van der Waals surface area contributed by atoms with Crippen LogP contribution in [0.15, 0.2) is 79.4 Å². The first-order valence-electron chi connectivity index (χ1n) is 11.1. The van der Waals surface area contributed by atoms with Crippen molar-refractivity contribution in [3.05, 3.63) is 79.4 Å². The molecule has 0 fully saturated rings. The molecule has 0 saturated heterocycles. The Morgan fingerprint density at radius 1 is 0.780 bits per heavy atom. The summed E-state index contributed by atoms with van der Waals surface area (Å²) >= 11 is 0. The van der Waals surface area contributed by atoms with Gasteiger partial charge in [0.15, 0.2) is 5.65 Å². The number of aromatic nitrogens is 4. The number of carbonyl (C=O) groups is 2. The topological polar surface area (TPSA) is 127 Å². The average Bonchev–Trinajstić information content (AvgIpc) is 3.35. The second-order valence-electron chi connectivity index (χ2n) is 7.88. The van der Waals surface area contributed by atoms with Crippen molar-refractivity contribution in [1.29, 1.82) is 0 Å². The van der Waals surface area contributed by atoms with E-state index in [1.54, 1.807) is 7.11 Å². The van der Waals surface area contributed by atoms with Crippen LogP contribution < -0.4 is 4.74 Å². The minimum absolute atomic E-state index is 0.823. The van der Waals surface area contributed by atoms with Gasteiger partial charge in [-0.1, -0.05) is 30.3 Å². The van der Waals surface area contributed by atoms with Crippen molar-refractivity contribution in [2.24, 2.45) is 0 Å². The number of halogens is 6. The minimum atomic E-state index is -5.08. The monoisotopic (exact) mass is 580 g/mol. The van der Waals surface area contributed by atoms with Crippen LogP contribution in [0.4, 0.5) is 26.3 Å². The van der Waals surface area contributed by atoms with E-state index in [-0.39, 0.29) is 0 Å². The number of benzene rings is 2. The Morgan fingerprint density at radius 3 is 1.95 bits per heavy atom. The molecule has 3 aromatic heterocycles. The van der Waals surface area contributed by atoms with Crippen molar-refractivity contribution < 1.29 is 50.9 Å². The predicted octanol–water partition coefficient (Wildman–Crippen LogP) is 5.89. The first-order chi connectivity index (χ1) is 19.2. The highest BCUT2D eigenvalue weighted by atomic mass is 19.4. The third kappa shape index (κ3) is 7.68. The Kier molecular flexibility index (Phi) is 9.11. The normalized spacial score (nSPS) is 11.2. The fourth-order valence-electron chi connectivity index (χ4n) is 3.34. The van der Waals surface area contributed by atoms with Crippen LogP contribution in [0.3, 0.4) is 0 Å². The van der Waals surface area contributed by atoms with E-state index in [0.717, 1.165) is 44.6 Å². The summed E-state index contributed by atoms with van der Waals surface area (Å²) in [5.41, 5.74) is 5.93. The number of alkyl halides is 6. The van der Waals surface area contributed by atoms with Gasteiger partial charge in [0.05, 0.1) is 18.8 Å².